The molecule has 1 aromatic rings. The van der Waals surface area contributed by atoms with Gasteiger partial charge in [-0.3, -0.25) is 0 Å². The molecular weight excluding hydrogens is 124 g/mol. The lowest BCUT2D eigenvalue weighted by atomic mass is 9.96. The van der Waals surface area contributed by atoms with E-state index in [0.29, 0.717) is 0 Å². The second-order valence-electron chi connectivity index (χ2n) is 2.70. The van der Waals surface area contributed by atoms with E-state index in [4.69, 9.17) is 5.41 Å². The predicted molar refractivity (Wildman–Crippen MR) is 40.6 cm³/mol. The normalized spacial score (nSPS) is 17.0. The number of H-pyrrole nitrogens is 1. The van der Waals surface area contributed by atoms with Gasteiger partial charge in [-0.25, -0.2) is 0 Å². The molecule has 2 N–H and O–H groups in total. The monoisotopic (exact) mass is 134 g/mol. The van der Waals surface area contributed by atoms with Gasteiger partial charge in [0.15, 0.2) is 0 Å². The number of aryl methyl sites for hydroxylation is 1. The fourth-order valence-corrected chi connectivity index (χ4v) is 1.47. The summed E-state index contributed by atoms with van der Waals surface area (Å²) in [7, 11) is 0. The Kier molecular flexibility index (Phi) is 1.13. The summed E-state index contributed by atoms with van der Waals surface area (Å²) in [4.78, 5) is 3.15. The molecule has 0 radical (unpaired) electrons. The number of hydrogen-bond acceptors (Lipinski definition) is 1. The highest BCUT2D eigenvalue weighted by atomic mass is 14.7. The van der Waals surface area contributed by atoms with Crippen LogP contribution in [0.25, 0.3) is 0 Å². The summed E-state index contributed by atoms with van der Waals surface area (Å²) in [6.07, 6.45) is 5.12. The van der Waals surface area contributed by atoms with E-state index in [9.17, 15) is 0 Å². The highest BCUT2D eigenvalue weighted by Crippen LogP contribution is 2.18. The molecule has 52 valence electrons. The molecule has 0 unspecified atom stereocenters. The first-order valence-electron chi connectivity index (χ1n) is 3.62. The Bertz CT molecular complexity index is 260. The average Bonchev–Trinajstić information content (AvgIpc) is 2.36. The van der Waals surface area contributed by atoms with Crippen molar-refractivity contribution in [3.63, 3.8) is 0 Å². The molecule has 2 heteroatoms. The van der Waals surface area contributed by atoms with Crippen LogP contribution in [0.4, 0.5) is 0 Å². The Balaban J connectivity index is 2.50. The van der Waals surface area contributed by atoms with Gasteiger partial charge in [0.25, 0.3) is 0 Å². The number of aromatic amines is 1. The molecule has 0 bridgehead atoms. The van der Waals surface area contributed by atoms with Gasteiger partial charge in [0, 0.05) is 23.2 Å². The van der Waals surface area contributed by atoms with Crippen LogP contribution >= 0.6 is 0 Å². The molecule has 2 rings (SSSR count). The molecule has 0 amide bonds. The summed E-state index contributed by atoms with van der Waals surface area (Å²) in [5.74, 6) is 0. The third kappa shape index (κ3) is 0.685. The van der Waals surface area contributed by atoms with E-state index in [-0.39, 0.29) is 0 Å². The minimum Gasteiger partial charge on any atom is -0.364 e. The molecule has 0 aliphatic heterocycles. The van der Waals surface area contributed by atoms with Crippen LogP contribution in [-0.4, -0.2) is 10.7 Å². The van der Waals surface area contributed by atoms with Gasteiger partial charge < -0.3 is 10.4 Å². The molecule has 0 atom stereocenters. The lowest BCUT2D eigenvalue weighted by Crippen LogP contribution is -2.08. The van der Waals surface area contributed by atoms with Crippen molar-refractivity contribution < 1.29 is 0 Å². The molecule has 0 spiro atoms. The number of fused-ring (bicyclic) bond motifs is 1. The molecule has 1 heterocycles. The number of aromatic nitrogens is 1. The molecule has 1 aliphatic carbocycles. The maximum absolute atomic E-state index is 7.57. The van der Waals surface area contributed by atoms with Gasteiger partial charge in [-0.15, -0.1) is 0 Å². The summed E-state index contributed by atoms with van der Waals surface area (Å²) in [5, 5.41) is 7.57. The zero-order valence-electron chi connectivity index (χ0n) is 5.78. The minimum absolute atomic E-state index is 0.794. The zero-order chi connectivity index (χ0) is 6.97. The highest BCUT2D eigenvalue weighted by molar-refractivity contribution is 6.00. The molecule has 0 saturated heterocycles. The van der Waals surface area contributed by atoms with Crippen molar-refractivity contribution in [2.45, 2.75) is 19.3 Å². The lowest BCUT2D eigenvalue weighted by molar-refractivity contribution is 0.816. The molecule has 0 fully saturated rings. The van der Waals surface area contributed by atoms with Gasteiger partial charge >= 0.3 is 0 Å². The Hall–Kier alpha value is -1.05. The Labute approximate surface area is 59.8 Å². The fraction of sp³-hybridized carbons (Fsp3) is 0.375. The van der Waals surface area contributed by atoms with Crippen LogP contribution in [0.3, 0.4) is 0 Å². The minimum atomic E-state index is 0.794. The van der Waals surface area contributed by atoms with Gasteiger partial charge in [0.1, 0.15) is 0 Å². The van der Waals surface area contributed by atoms with E-state index in [0.717, 1.165) is 30.5 Å². The zero-order valence-corrected chi connectivity index (χ0v) is 5.78. The Morgan fingerprint density at radius 1 is 1.40 bits per heavy atom. The van der Waals surface area contributed by atoms with Crippen molar-refractivity contribution in [1.29, 1.82) is 5.41 Å². The van der Waals surface area contributed by atoms with Gasteiger partial charge in [0.2, 0.25) is 0 Å². The number of hydrogen-bond donors (Lipinski definition) is 2. The summed E-state index contributed by atoms with van der Waals surface area (Å²) >= 11 is 0. The molecule has 1 aromatic heterocycles. The van der Waals surface area contributed by atoms with E-state index < -0.39 is 0 Å². The lowest BCUT2D eigenvalue weighted by Gasteiger charge is -2.10. The predicted octanol–water partition coefficient (Wildman–Crippen LogP) is 1.72. The first kappa shape index (κ1) is 5.71. The van der Waals surface area contributed by atoms with Crippen LogP contribution in [0.2, 0.25) is 0 Å². The molecular formula is C8H10N2. The second-order valence-corrected chi connectivity index (χ2v) is 2.70. The average molecular weight is 134 g/mol. The second kappa shape index (κ2) is 1.97. The van der Waals surface area contributed by atoms with E-state index >= 15 is 0 Å². The quantitative estimate of drug-likeness (QED) is 0.542. The summed E-state index contributed by atoms with van der Waals surface area (Å²) in [6, 6.07) is 2.00. The number of nitrogens with one attached hydrogen (secondary N) is 2. The first-order chi connectivity index (χ1) is 4.88. The van der Waals surface area contributed by atoms with Gasteiger partial charge in [-0.05, 0) is 25.3 Å². The van der Waals surface area contributed by atoms with Crippen LogP contribution in [0.5, 0.6) is 0 Å². The van der Waals surface area contributed by atoms with Crippen LogP contribution in [0.1, 0.15) is 24.1 Å². The fourth-order valence-electron chi connectivity index (χ4n) is 1.47. The van der Waals surface area contributed by atoms with E-state index in [1.165, 1.54) is 5.69 Å². The van der Waals surface area contributed by atoms with Gasteiger partial charge in [-0.1, -0.05) is 0 Å². The van der Waals surface area contributed by atoms with Crippen molar-refractivity contribution in [2.24, 2.45) is 0 Å². The van der Waals surface area contributed by atoms with E-state index in [2.05, 4.69) is 4.98 Å². The number of rotatable bonds is 0. The van der Waals surface area contributed by atoms with Crippen molar-refractivity contribution in [1.82, 2.24) is 4.98 Å². The third-order valence-corrected chi connectivity index (χ3v) is 2.01. The molecule has 10 heavy (non-hydrogen) atoms. The summed E-state index contributed by atoms with van der Waals surface area (Å²) in [5.41, 5.74) is 3.17. The summed E-state index contributed by atoms with van der Waals surface area (Å²) < 4.78 is 0. The van der Waals surface area contributed by atoms with Crippen molar-refractivity contribution in [3.05, 3.63) is 23.5 Å². The SMILES string of the molecule is N=C1CCCc2[nH]ccc21. The van der Waals surface area contributed by atoms with Crippen LogP contribution in [-0.2, 0) is 6.42 Å². The topological polar surface area (TPSA) is 39.6 Å². The molecule has 2 nitrogen and oxygen atoms in total. The largest absolute Gasteiger partial charge is 0.364 e. The van der Waals surface area contributed by atoms with Gasteiger partial charge in [0.05, 0.1) is 0 Å². The van der Waals surface area contributed by atoms with Crippen molar-refractivity contribution in [3.8, 4) is 0 Å². The highest BCUT2D eigenvalue weighted by Gasteiger charge is 2.13. The molecule has 0 saturated carbocycles. The van der Waals surface area contributed by atoms with Crippen molar-refractivity contribution in [2.75, 3.05) is 0 Å². The smallest absolute Gasteiger partial charge is 0.0404 e. The van der Waals surface area contributed by atoms with Crippen LogP contribution in [0.15, 0.2) is 12.3 Å². The van der Waals surface area contributed by atoms with Gasteiger partial charge in [-0.2, -0.15) is 0 Å². The molecule has 1 aliphatic rings. The van der Waals surface area contributed by atoms with E-state index in [1.807, 2.05) is 12.3 Å². The van der Waals surface area contributed by atoms with Crippen LogP contribution in [0, 0.1) is 5.41 Å². The third-order valence-electron chi connectivity index (χ3n) is 2.01. The first-order valence-corrected chi connectivity index (χ1v) is 3.62. The van der Waals surface area contributed by atoms with E-state index in [1.54, 1.807) is 0 Å². The Morgan fingerprint density at radius 2 is 2.30 bits per heavy atom. The Morgan fingerprint density at radius 3 is 3.10 bits per heavy atom. The van der Waals surface area contributed by atoms with Crippen LogP contribution < -0.4 is 0 Å². The maximum Gasteiger partial charge on any atom is 0.0404 e. The van der Waals surface area contributed by atoms with Crippen molar-refractivity contribution >= 4 is 5.71 Å². The molecule has 0 aromatic carbocycles. The summed E-state index contributed by atoms with van der Waals surface area (Å²) in [6.45, 7) is 0. The maximum atomic E-state index is 7.57. The standard InChI is InChI=1S/C8H10N2/c9-7-2-1-3-8-6(7)4-5-10-8/h4-5,9-10H,1-3H2.